The summed E-state index contributed by atoms with van der Waals surface area (Å²) in [6, 6.07) is 1.72. The average Bonchev–Trinajstić information content (AvgIpc) is 2.18. The minimum absolute atomic E-state index is 0.00673. The zero-order chi connectivity index (χ0) is 11.3. The molecule has 78 valence electrons. The Kier molecular flexibility index (Phi) is 4.19. The van der Waals surface area contributed by atoms with Crippen LogP contribution in [0.2, 0.25) is 0 Å². The molecule has 1 N–H and O–H groups in total. The topological polar surface area (TPSA) is 50.2 Å². The van der Waals surface area contributed by atoms with Crippen LogP contribution in [0, 0.1) is 18.8 Å². The molecule has 0 atom stereocenters. The summed E-state index contributed by atoms with van der Waals surface area (Å²) >= 11 is 4.02. The van der Waals surface area contributed by atoms with Crippen molar-refractivity contribution < 1.29 is 9.90 Å². The summed E-state index contributed by atoms with van der Waals surface area (Å²) in [6.07, 6.45) is 2.16. The highest BCUT2D eigenvalue weighted by molar-refractivity contribution is 7.80. The SMILES string of the molecule is Cc1cnc(C(=O)O)c(C#CCCS)c1. The van der Waals surface area contributed by atoms with Gasteiger partial charge in [-0.25, -0.2) is 9.78 Å². The quantitative estimate of drug-likeness (QED) is 0.591. The number of rotatable bonds is 2. The molecule has 0 fully saturated rings. The van der Waals surface area contributed by atoms with Gasteiger partial charge in [0.2, 0.25) is 0 Å². The van der Waals surface area contributed by atoms with Gasteiger partial charge in [-0.05, 0) is 18.6 Å². The Morgan fingerprint density at radius 3 is 3.00 bits per heavy atom. The van der Waals surface area contributed by atoms with Gasteiger partial charge >= 0.3 is 5.97 Å². The van der Waals surface area contributed by atoms with Gasteiger partial charge in [0.15, 0.2) is 5.69 Å². The van der Waals surface area contributed by atoms with Crippen LogP contribution >= 0.6 is 12.6 Å². The number of hydrogen-bond acceptors (Lipinski definition) is 3. The maximum atomic E-state index is 10.8. The number of nitrogens with zero attached hydrogens (tertiary/aromatic N) is 1. The van der Waals surface area contributed by atoms with Crippen LogP contribution in [-0.4, -0.2) is 21.8 Å². The predicted octanol–water partition coefficient (Wildman–Crippen LogP) is 1.76. The van der Waals surface area contributed by atoms with Crippen molar-refractivity contribution in [1.82, 2.24) is 4.98 Å². The second-order valence-corrected chi connectivity index (χ2v) is 3.44. The molecule has 1 aromatic rings. The fraction of sp³-hybridized carbons (Fsp3) is 0.273. The van der Waals surface area contributed by atoms with Gasteiger partial charge in [-0.3, -0.25) is 0 Å². The molecule has 0 aromatic carbocycles. The number of carboxylic acids is 1. The van der Waals surface area contributed by atoms with Crippen molar-refractivity contribution in [1.29, 1.82) is 0 Å². The summed E-state index contributed by atoms with van der Waals surface area (Å²) in [5.74, 6) is 5.25. The first kappa shape index (κ1) is 11.6. The fourth-order valence-corrected chi connectivity index (χ4v) is 1.16. The van der Waals surface area contributed by atoms with Gasteiger partial charge in [-0.1, -0.05) is 11.8 Å². The molecule has 1 heterocycles. The first-order valence-corrected chi connectivity index (χ1v) is 5.08. The average molecular weight is 221 g/mol. The first-order chi connectivity index (χ1) is 7.15. The van der Waals surface area contributed by atoms with Crippen molar-refractivity contribution in [2.45, 2.75) is 13.3 Å². The van der Waals surface area contributed by atoms with Gasteiger partial charge in [-0.15, -0.1) is 0 Å². The molecule has 0 aliphatic carbocycles. The molecule has 0 radical (unpaired) electrons. The lowest BCUT2D eigenvalue weighted by Crippen LogP contribution is -2.03. The zero-order valence-electron chi connectivity index (χ0n) is 8.32. The van der Waals surface area contributed by atoms with E-state index in [1.807, 2.05) is 6.92 Å². The van der Waals surface area contributed by atoms with E-state index in [0.717, 1.165) is 5.56 Å². The highest BCUT2D eigenvalue weighted by Gasteiger charge is 2.09. The lowest BCUT2D eigenvalue weighted by atomic mass is 10.1. The Hall–Kier alpha value is -1.47. The van der Waals surface area contributed by atoms with Crippen molar-refractivity contribution in [3.05, 3.63) is 29.1 Å². The van der Waals surface area contributed by atoms with Gasteiger partial charge in [-0.2, -0.15) is 12.6 Å². The summed E-state index contributed by atoms with van der Waals surface area (Å²) in [6.45, 7) is 1.85. The molecule has 0 aliphatic heterocycles. The number of carbonyl (C=O) groups is 1. The van der Waals surface area contributed by atoms with E-state index in [1.54, 1.807) is 6.07 Å². The second kappa shape index (κ2) is 5.42. The normalized spacial score (nSPS) is 9.20. The minimum Gasteiger partial charge on any atom is -0.476 e. The summed E-state index contributed by atoms with van der Waals surface area (Å²) in [5.41, 5.74) is 1.37. The largest absolute Gasteiger partial charge is 0.476 e. The molecule has 0 bridgehead atoms. The Morgan fingerprint density at radius 2 is 2.40 bits per heavy atom. The Bertz CT molecular complexity index is 432. The van der Waals surface area contributed by atoms with Crippen LogP contribution in [0.1, 0.15) is 28.0 Å². The van der Waals surface area contributed by atoms with Crippen molar-refractivity contribution in [2.75, 3.05) is 5.75 Å². The summed E-state index contributed by atoms with van der Waals surface area (Å²) < 4.78 is 0. The lowest BCUT2D eigenvalue weighted by molar-refractivity contribution is 0.0690. The van der Waals surface area contributed by atoms with Gasteiger partial charge in [0, 0.05) is 18.4 Å². The number of carboxylic acid groups (broad SMARTS) is 1. The monoisotopic (exact) mass is 221 g/mol. The van der Waals surface area contributed by atoms with Crippen molar-refractivity contribution >= 4 is 18.6 Å². The van der Waals surface area contributed by atoms with Crippen LogP contribution < -0.4 is 0 Å². The highest BCUT2D eigenvalue weighted by Crippen LogP contribution is 2.07. The van der Waals surface area contributed by atoms with Crippen LogP contribution in [0.25, 0.3) is 0 Å². The maximum Gasteiger partial charge on any atom is 0.355 e. The van der Waals surface area contributed by atoms with Crippen LogP contribution in [0.4, 0.5) is 0 Å². The number of aryl methyl sites for hydroxylation is 1. The Balaban J connectivity index is 3.09. The third kappa shape index (κ3) is 3.30. The Morgan fingerprint density at radius 1 is 1.67 bits per heavy atom. The summed E-state index contributed by atoms with van der Waals surface area (Å²) in [4.78, 5) is 14.7. The lowest BCUT2D eigenvalue weighted by Gasteiger charge is -1.99. The zero-order valence-corrected chi connectivity index (χ0v) is 9.21. The van der Waals surface area contributed by atoms with Crippen molar-refractivity contribution in [3.63, 3.8) is 0 Å². The molecule has 3 nitrogen and oxygen atoms in total. The number of aromatic carboxylic acids is 1. The molecule has 4 heteroatoms. The van der Waals surface area contributed by atoms with Crippen molar-refractivity contribution in [3.8, 4) is 11.8 Å². The van der Waals surface area contributed by atoms with E-state index in [4.69, 9.17) is 5.11 Å². The molecule has 0 saturated heterocycles. The molecule has 1 aromatic heterocycles. The number of hydrogen-bond donors (Lipinski definition) is 2. The predicted molar refractivity (Wildman–Crippen MR) is 61.3 cm³/mol. The maximum absolute atomic E-state index is 10.8. The van der Waals surface area contributed by atoms with Crippen LogP contribution in [-0.2, 0) is 0 Å². The standard InChI is InChI=1S/C11H11NO2S/c1-8-6-9(4-2-3-5-15)10(11(13)14)12-7-8/h6-7,15H,3,5H2,1H3,(H,13,14). The van der Waals surface area contributed by atoms with E-state index < -0.39 is 5.97 Å². The van der Waals surface area contributed by atoms with E-state index in [-0.39, 0.29) is 5.69 Å². The molecule has 0 spiro atoms. The van der Waals surface area contributed by atoms with E-state index in [9.17, 15) is 4.79 Å². The van der Waals surface area contributed by atoms with Gasteiger partial charge in [0.05, 0.1) is 5.56 Å². The summed E-state index contributed by atoms with van der Waals surface area (Å²) in [7, 11) is 0. The third-order valence-corrected chi connectivity index (χ3v) is 1.91. The second-order valence-electron chi connectivity index (χ2n) is 2.99. The molecule has 0 aliphatic rings. The first-order valence-electron chi connectivity index (χ1n) is 4.45. The summed E-state index contributed by atoms with van der Waals surface area (Å²) in [5, 5.41) is 8.87. The number of thiol groups is 1. The van der Waals surface area contributed by atoms with E-state index in [1.165, 1.54) is 6.20 Å². The van der Waals surface area contributed by atoms with Crippen LogP contribution in [0.15, 0.2) is 12.3 Å². The Labute approximate surface area is 94.0 Å². The molecule has 1 rings (SSSR count). The fourth-order valence-electron chi connectivity index (χ4n) is 1.05. The van der Waals surface area contributed by atoms with E-state index in [0.29, 0.717) is 17.7 Å². The van der Waals surface area contributed by atoms with Crippen LogP contribution in [0.3, 0.4) is 0 Å². The third-order valence-electron chi connectivity index (χ3n) is 1.69. The minimum atomic E-state index is -1.05. The molecular formula is C11H11NO2S. The molecule has 0 unspecified atom stereocenters. The smallest absolute Gasteiger partial charge is 0.355 e. The molecular weight excluding hydrogens is 210 g/mol. The van der Waals surface area contributed by atoms with E-state index >= 15 is 0 Å². The number of pyridine rings is 1. The number of aromatic nitrogens is 1. The van der Waals surface area contributed by atoms with Gasteiger partial charge in [0.25, 0.3) is 0 Å². The molecule has 0 saturated carbocycles. The van der Waals surface area contributed by atoms with Gasteiger partial charge < -0.3 is 5.11 Å². The highest BCUT2D eigenvalue weighted by atomic mass is 32.1. The van der Waals surface area contributed by atoms with Crippen LogP contribution in [0.5, 0.6) is 0 Å². The molecule has 15 heavy (non-hydrogen) atoms. The van der Waals surface area contributed by atoms with Gasteiger partial charge in [0.1, 0.15) is 0 Å². The van der Waals surface area contributed by atoms with Crippen molar-refractivity contribution in [2.24, 2.45) is 0 Å². The van der Waals surface area contributed by atoms with E-state index in [2.05, 4.69) is 29.5 Å². The molecule has 0 amide bonds.